The Balaban J connectivity index is 2.29. The van der Waals surface area contributed by atoms with Gasteiger partial charge in [-0.3, -0.25) is 14.9 Å². The molecule has 6 nitrogen and oxygen atoms in total. The number of hydrogen-bond donors (Lipinski definition) is 1. The number of nitrogens with one attached hydrogen (secondary N) is 1. The SMILES string of the molecule is CC1CC1Nc1ccc(C(=O)N(C)C)cc1[N+](=O)[O-]. The molecule has 2 unspecified atom stereocenters. The van der Waals surface area contributed by atoms with E-state index in [1.807, 2.05) is 0 Å². The van der Waals surface area contributed by atoms with Gasteiger partial charge in [0.1, 0.15) is 5.69 Å². The van der Waals surface area contributed by atoms with E-state index < -0.39 is 4.92 Å². The third kappa shape index (κ3) is 2.83. The highest BCUT2D eigenvalue weighted by atomic mass is 16.6. The van der Waals surface area contributed by atoms with Gasteiger partial charge in [-0.25, -0.2) is 0 Å². The molecule has 1 aromatic rings. The first-order chi connectivity index (χ1) is 8.90. The third-order valence-corrected chi connectivity index (χ3v) is 3.30. The minimum atomic E-state index is -0.457. The summed E-state index contributed by atoms with van der Waals surface area (Å²) in [6.07, 6.45) is 1.02. The maximum atomic E-state index is 11.8. The molecule has 1 aromatic carbocycles. The standard InChI is InChI=1S/C13H17N3O3/c1-8-6-11(8)14-10-5-4-9(13(17)15(2)3)7-12(10)16(18)19/h4-5,7-8,11,14H,6H2,1-3H3. The van der Waals surface area contributed by atoms with Crippen LogP contribution in [0.4, 0.5) is 11.4 Å². The number of carbonyl (C=O) groups excluding carboxylic acids is 1. The average molecular weight is 263 g/mol. The normalized spacial score (nSPS) is 20.8. The van der Waals surface area contributed by atoms with Gasteiger partial charge in [-0.15, -0.1) is 0 Å². The highest BCUT2D eigenvalue weighted by Crippen LogP contribution is 2.36. The van der Waals surface area contributed by atoms with Crippen LogP contribution in [-0.2, 0) is 0 Å². The van der Waals surface area contributed by atoms with Gasteiger partial charge in [-0.05, 0) is 24.5 Å². The number of nitro groups is 1. The van der Waals surface area contributed by atoms with Crippen molar-refractivity contribution in [2.45, 2.75) is 19.4 Å². The molecule has 1 N–H and O–H groups in total. The van der Waals surface area contributed by atoms with E-state index in [4.69, 9.17) is 0 Å². The predicted molar refractivity (Wildman–Crippen MR) is 72.3 cm³/mol. The van der Waals surface area contributed by atoms with Crippen molar-refractivity contribution in [1.29, 1.82) is 0 Å². The molecule has 19 heavy (non-hydrogen) atoms. The lowest BCUT2D eigenvalue weighted by Gasteiger charge is -2.11. The molecule has 6 heteroatoms. The summed E-state index contributed by atoms with van der Waals surface area (Å²) in [7, 11) is 3.23. The van der Waals surface area contributed by atoms with Crippen molar-refractivity contribution in [3.63, 3.8) is 0 Å². The fourth-order valence-corrected chi connectivity index (χ4v) is 1.92. The molecule has 2 atom stereocenters. The zero-order valence-electron chi connectivity index (χ0n) is 11.2. The second-order valence-electron chi connectivity index (χ2n) is 5.15. The molecule has 0 spiro atoms. The topological polar surface area (TPSA) is 75.5 Å². The first kappa shape index (κ1) is 13.3. The van der Waals surface area contributed by atoms with Crippen LogP contribution >= 0.6 is 0 Å². The van der Waals surface area contributed by atoms with E-state index in [0.29, 0.717) is 23.2 Å². The third-order valence-electron chi connectivity index (χ3n) is 3.30. The molecule has 0 aromatic heterocycles. The fraction of sp³-hybridized carbons (Fsp3) is 0.462. The van der Waals surface area contributed by atoms with Crippen molar-refractivity contribution in [2.75, 3.05) is 19.4 Å². The number of anilines is 1. The second kappa shape index (κ2) is 4.87. The summed E-state index contributed by atoms with van der Waals surface area (Å²) < 4.78 is 0. The maximum absolute atomic E-state index is 11.8. The van der Waals surface area contributed by atoms with Crippen LogP contribution in [0.15, 0.2) is 18.2 Å². The van der Waals surface area contributed by atoms with Gasteiger partial charge in [0.25, 0.3) is 11.6 Å². The molecule has 1 aliphatic rings. The lowest BCUT2D eigenvalue weighted by molar-refractivity contribution is -0.384. The zero-order chi connectivity index (χ0) is 14.2. The molecule has 0 heterocycles. The Hall–Kier alpha value is -2.11. The van der Waals surface area contributed by atoms with Crippen molar-refractivity contribution in [2.24, 2.45) is 5.92 Å². The fourth-order valence-electron chi connectivity index (χ4n) is 1.92. The first-order valence-corrected chi connectivity index (χ1v) is 6.16. The monoisotopic (exact) mass is 263 g/mol. The number of hydrogen-bond acceptors (Lipinski definition) is 4. The van der Waals surface area contributed by atoms with Crippen LogP contribution in [0, 0.1) is 16.0 Å². The Morgan fingerprint density at radius 3 is 2.58 bits per heavy atom. The van der Waals surface area contributed by atoms with Crippen LogP contribution in [0.3, 0.4) is 0 Å². The van der Waals surface area contributed by atoms with Gasteiger partial charge in [0.15, 0.2) is 0 Å². The number of nitro benzene ring substituents is 1. The Kier molecular flexibility index (Phi) is 3.42. The summed E-state index contributed by atoms with van der Waals surface area (Å²) >= 11 is 0. The van der Waals surface area contributed by atoms with Gasteiger partial charge in [0.2, 0.25) is 0 Å². The van der Waals surface area contributed by atoms with Gasteiger partial charge < -0.3 is 10.2 Å². The van der Waals surface area contributed by atoms with Crippen LogP contribution in [0.2, 0.25) is 0 Å². The summed E-state index contributed by atoms with van der Waals surface area (Å²) in [5.41, 5.74) is 0.757. The van der Waals surface area contributed by atoms with Gasteiger partial charge in [0.05, 0.1) is 4.92 Å². The van der Waals surface area contributed by atoms with E-state index >= 15 is 0 Å². The number of benzene rings is 1. The average Bonchev–Trinajstić information content (AvgIpc) is 3.04. The summed E-state index contributed by atoms with van der Waals surface area (Å²) in [4.78, 5) is 23.8. The van der Waals surface area contributed by atoms with Gasteiger partial charge in [0, 0.05) is 31.8 Å². The number of amides is 1. The van der Waals surface area contributed by atoms with Crippen molar-refractivity contribution < 1.29 is 9.72 Å². The smallest absolute Gasteiger partial charge is 0.293 e. The Bertz CT molecular complexity index is 528. The molecule has 0 bridgehead atoms. The summed E-state index contributed by atoms with van der Waals surface area (Å²) in [5, 5.41) is 14.2. The van der Waals surface area contributed by atoms with Crippen LogP contribution in [-0.4, -0.2) is 35.9 Å². The predicted octanol–water partition coefficient (Wildman–Crippen LogP) is 2.12. The van der Waals surface area contributed by atoms with Crippen LogP contribution in [0.25, 0.3) is 0 Å². The van der Waals surface area contributed by atoms with E-state index in [-0.39, 0.29) is 11.6 Å². The number of carbonyl (C=O) groups is 1. The Morgan fingerprint density at radius 2 is 2.11 bits per heavy atom. The highest BCUT2D eigenvalue weighted by molar-refractivity contribution is 5.95. The maximum Gasteiger partial charge on any atom is 0.293 e. The van der Waals surface area contributed by atoms with E-state index in [1.54, 1.807) is 26.2 Å². The van der Waals surface area contributed by atoms with E-state index in [1.165, 1.54) is 11.0 Å². The van der Waals surface area contributed by atoms with Crippen LogP contribution in [0.5, 0.6) is 0 Å². The molecule has 2 rings (SSSR count). The second-order valence-corrected chi connectivity index (χ2v) is 5.15. The van der Waals surface area contributed by atoms with Crippen molar-refractivity contribution in [3.8, 4) is 0 Å². The lowest BCUT2D eigenvalue weighted by atomic mass is 10.1. The quantitative estimate of drug-likeness (QED) is 0.667. The zero-order valence-corrected chi connectivity index (χ0v) is 11.2. The van der Waals surface area contributed by atoms with Gasteiger partial charge in [-0.1, -0.05) is 6.92 Å². The number of nitrogens with zero attached hydrogens (tertiary/aromatic N) is 2. The molecule has 102 valence electrons. The largest absolute Gasteiger partial charge is 0.376 e. The van der Waals surface area contributed by atoms with E-state index in [0.717, 1.165) is 6.42 Å². The molecule has 1 fully saturated rings. The van der Waals surface area contributed by atoms with Crippen LogP contribution in [0.1, 0.15) is 23.7 Å². The van der Waals surface area contributed by atoms with Gasteiger partial charge >= 0.3 is 0 Å². The molecule has 0 saturated heterocycles. The van der Waals surface area contributed by atoms with Crippen LogP contribution < -0.4 is 5.32 Å². The summed E-state index contributed by atoms with van der Waals surface area (Å²) in [6, 6.07) is 4.86. The molecule has 0 aliphatic heterocycles. The van der Waals surface area contributed by atoms with Crippen molar-refractivity contribution >= 4 is 17.3 Å². The lowest BCUT2D eigenvalue weighted by Crippen LogP contribution is -2.21. The molecule has 0 radical (unpaired) electrons. The molecule has 1 saturated carbocycles. The number of rotatable bonds is 4. The Morgan fingerprint density at radius 1 is 1.47 bits per heavy atom. The molecule has 1 aliphatic carbocycles. The Labute approximate surface area is 111 Å². The minimum absolute atomic E-state index is 0.0493. The highest BCUT2D eigenvalue weighted by Gasteiger charge is 2.34. The molecule has 1 amide bonds. The van der Waals surface area contributed by atoms with Crippen molar-refractivity contribution in [3.05, 3.63) is 33.9 Å². The minimum Gasteiger partial charge on any atom is -0.376 e. The van der Waals surface area contributed by atoms with E-state index in [9.17, 15) is 14.9 Å². The summed E-state index contributed by atoms with van der Waals surface area (Å²) in [6.45, 7) is 2.09. The summed E-state index contributed by atoms with van der Waals surface area (Å²) in [5.74, 6) is 0.303. The molecular weight excluding hydrogens is 246 g/mol. The van der Waals surface area contributed by atoms with Gasteiger partial charge in [-0.2, -0.15) is 0 Å². The molecular formula is C13H17N3O3. The first-order valence-electron chi connectivity index (χ1n) is 6.16. The van der Waals surface area contributed by atoms with Crippen molar-refractivity contribution in [1.82, 2.24) is 4.90 Å². The van der Waals surface area contributed by atoms with E-state index in [2.05, 4.69) is 12.2 Å².